The molecule has 1 unspecified atom stereocenters. The fourth-order valence-electron chi connectivity index (χ4n) is 5.35. The average Bonchev–Trinajstić information content (AvgIpc) is 2.57. The molecule has 0 heteroatoms. The van der Waals surface area contributed by atoms with Crippen LogP contribution in [0.25, 0.3) is 0 Å². The lowest BCUT2D eigenvalue weighted by atomic mass is 9.68. The van der Waals surface area contributed by atoms with E-state index in [4.69, 9.17) is 0 Å². The number of rotatable bonds is 0. The zero-order chi connectivity index (χ0) is 10.8. The van der Waals surface area contributed by atoms with Gasteiger partial charge in [0.15, 0.2) is 0 Å². The van der Waals surface area contributed by atoms with E-state index in [0.29, 0.717) is 10.8 Å². The van der Waals surface area contributed by atoms with Gasteiger partial charge in [-0.25, -0.2) is 0 Å². The van der Waals surface area contributed by atoms with Crippen molar-refractivity contribution >= 4 is 0 Å². The van der Waals surface area contributed by atoms with Crippen LogP contribution in [0.1, 0.15) is 53.4 Å². The fraction of sp³-hybridized carbons (Fsp3) is 0.867. The van der Waals surface area contributed by atoms with Crippen LogP contribution in [0.15, 0.2) is 11.6 Å². The maximum atomic E-state index is 2.57. The third-order valence-electron chi connectivity index (χ3n) is 6.30. The Morgan fingerprint density at radius 2 is 2.00 bits per heavy atom. The number of fused-ring (bicyclic) bond motifs is 1. The standard InChI is InChI=1S/C15H24/c1-10-7-8-15-9-12(10)14(3,4)13(15)6-5-11(15)2/h7,11-13H,5-6,8-9H2,1-4H3/t11-,12+,13+,15?/m1/s1. The molecule has 0 aromatic carbocycles. The van der Waals surface area contributed by atoms with E-state index in [1.165, 1.54) is 25.7 Å². The molecule has 0 nitrogen and oxygen atoms in total. The van der Waals surface area contributed by atoms with E-state index in [9.17, 15) is 0 Å². The van der Waals surface area contributed by atoms with E-state index in [2.05, 4.69) is 33.8 Å². The van der Waals surface area contributed by atoms with Crippen molar-refractivity contribution < 1.29 is 0 Å². The van der Waals surface area contributed by atoms with Crippen LogP contribution in [-0.2, 0) is 0 Å². The first-order chi connectivity index (χ1) is 6.98. The van der Waals surface area contributed by atoms with E-state index < -0.39 is 0 Å². The Hall–Kier alpha value is -0.260. The Bertz CT molecular complexity index is 323. The van der Waals surface area contributed by atoms with Crippen LogP contribution in [0.2, 0.25) is 0 Å². The Labute approximate surface area is 94.1 Å². The lowest BCUT2D eigenvalue weighted by Gasteiger charge is -2.36. The van der Waals surface area contributed by atoms with Gasteiger partial charge in [0.1, 0.15) is 0 Å². The first-order valence-electron chi connectivity index (χ1n) is 6.65. The monoisotopic (exact) mass is 204 g/mol. The molecule has 0 aliphatic heterocycles. The molecule has 2 bridgehead atoms. The smallest absolute Gasteiger partial charge is 0.0146 e. The van der Waals surface area contributed by atoms with Crippen LogP contribution >= 0.6 is 0 Å². The summed E-state index contributed by atoms with van der Waals surface area (Å²) in [5.41, 5.74) is 2.96. The molecule has 0 radical (unpaired) electrons. The summed E-state index contributed by atoms with van der Waals surface area (Å²) in [6.07, 6.45) is 8.41. The first-order valence-corrected chi connectivity index (χ1v) is 6.65. The molecule has 3 aliphatic carbocycles. The highest BCUT2D eigenvalue weighted by atomic mass is 14.7. The van der Waals surface area contributed by atoms with Crippen molar-refractivity contribution in [2.24, 2.45) is 28.6 Å². The molecule has 2 saturated carbocycles. The topological polar surface area (TPSA) is 0 Å². The van der Waals surface area contributed by atoms with Crippen LogP contribution in [0.4, 0.5) is 0 Å². The molecule has 0 aromatic rings. The fourth-order valence-corrected chi connectivity index (χ4v) is 5.35. The average molecular weight is 204 g/mol. The number of hydrogen-bond acceptors (Lipinski definition) is 0. The second-order valence-electron chi connectivity index (χ2n) is 6.99. The second kappa shape index (κ2) is 2.70. The van der Waals surface area contributed by atoms with Gasteiger partial charge in [-0.2, -0.15) is 0 Å². The summed E-state index contributed by atoms with van der Waals surface area (Å²) in [7, 11) is 0. The van der Waals surface area contributed by atoms with Gasteiger partial charge in [-0.3, -0.25) is 0 Å². The van der Waals surface area contributed by atoms with E-state index in [1.54, 1.807) is 5.57 Å². The lowest BCUT2D eigenvalue weighted by molar-refractivity contribution is 0.128. The van der Waals surface area contributed by atoms with E-state index in [-0.39, 0.29) is 0 Å². The number of hydrogen-bond donors (Lipinski definition) is 0. The third-order valence-corrected chi connectivity index (χ3v) is 6.30. The van der Waals surface area contributed by atoms with Gasteiger partial charge in [-0.05, 0) is 61.2 Å². The largest absolute Gasteiger partial charge is 0.0847 e. The predicted molar refractivity (Wildman–Crippen MR) is 64.6 cm³/mol. The van der Waals surface area contributed by atoms with Crippen molar-refractivity contribution in [2.75, 3.05) is 0 Å². The molecule has 0 amide bonds. The van der Waals surface area contributed by atoms with Crippen molar-refractivity contribution in [1.29, 1.82) is 0 Å². The normalized spacial score (nSPS) is 51.5. The first kappa shape index (κ1) is 9.93. The van der Waals surface area contributed by atoms with E-state index in [0.717, 1.165) is 17.8 Å². The van der Waals surface area contributed by atoms with Crippen LogP contribution in [0, 0.1) is 28.6 Å². The van der Waals surface area contributed by atoms with Crippen LogP contribution in [0.5, 0.6) is 0 Å². The van der Waals surface area contributed by atoms with E-state index >= 15 is 0 Å². The molecule has 3 aliphatic rings. The lowest BCUT2D eigenvalue weighted by Crippen LogP contribution is -2.30. The molecule has 0 saturated heterocycles. The zero-order valence-corrected chi connectivity index (χ0v) is 10.6. The summed E-state index contributed by atoms with van der Waals surface area (Å²) in [6, 6.07) is 0. The molecular weight excluding hydrogens is 180 g/mol. The molecule has 15 heavy (non-hydrogen) atoms. The van der Waals surface area contributed by atoms with Gasteiger partial charge in [0.2, 0.25) is 0 Å². The maximum Gasteiger partial charge on any atom is -0.0146 e. The van der Waals surface area contributed by atoms with Gasteiger partial charge in [0.05, 0.1) is 0 Å². The van der Waals surface area contributed by atoms with Gasteiger partial charge >= 0.3 is 0 Å². The summed E-state index contributed by atoms with van der Waals surface area (Å²) in [4.78, 5) is 0. The summed E-state index contributed by atoms with van der Waals surface area (Å²) in [5, 5.41) is 0. The van der Waals surface area contributed by atoms with E-state index in [1.807, 2.05) is 0 Å². The SMILES string of the molecule is CC1=CCC23C[C@@H]1C(C)(C)[C@@H]2CC[C@H]3C. The molecule has 3 rings (SSSR count). The van der Waals surface area contributed by atoms with Gasteiger partial charge in [-0.15, -0.1) is 0 Å². The molecule has 2 fully saturated rings. The molecular formula is C15H24. The van der Waals surface area contributed by atoms with Gasteiger partial charge in [-0.1, -0.05) is 32.4 Å². The molecule has 0 aromatic heterocycles. The molecule has 0 N–H and O–H groups in total. The van der Waals surface area contributed by atoms with Gasteiger partial charge in [0.25, 0.3) is 0 Å². The summed E-state index contributed by atoms with van der Waals surface area (Å²) in [5.74, 6) is 2.86. The maximum absolute atomic E-state index is 2.57. The Balaban J connectivity index is 2.11. The van der Waals surface area contributed by atoms with Gasteiger partial charge in [0, 0.05) is 0 Å². The highest BCUT2D eigenvalue weighted by Gasteiger charge is 2.62. The van der Waals surface area contributed by atoms with Crippen molar-refractivity contribution in [2.45, 2.75) is 53.4 Å². The highest BCUT2D eigenvalue weighted by Crippen LogP contribution is 2.71. The van der Waals surface area contributed by atoms with Gasteiger partial charge < -0.3 is 0 Å². The molecule has 0 heterocycles. The predicted octanol–water partition coefficient (Wildman–Crippen LogP) is 4.42. The summed E-state index contributed by atoms with van der Waals surface area (Å²) in [6.45, 7) is 9.94. The minimum atomic E-state index is 0.571. The molecule has 84 valence electrons. The van der Waals surface area contributed by atoms with Crippen molar-refractivity contribution in [3.8, 4) is 0 Å². The van der Waals surface area contributed by atoms with Crippen molar-refractivity contribution in [3.63, 3.8) is 0 Å². The second-order valence-corrected chi connectivity index (χ2v) is 6.99. The Kier molecular flexibility index (Phi) is 1.79. The molecule has 4 atom stereocenters. The van der Waals surface area contributed by atoms with Crippen LogP contribution in [0.3, 0.4) is 0 Å². The molecule has 1 spiro atoms. The number of allylic oxidation sites excluding steroid dienone is 2. The Morgan fingerprint density at radius 1 is 1.27 bits per heavy atom. The van der Waals surface area contributed by atoms with Crippen molar-refractivity contribution in [1.82, 2.24) is 0 Å². The highest BCUT2D eigenvalue weighted by molar-refractivity contribution is 5.25. The minimum Gasteiger partial charge on any atom is -0.0847 e. The van der Waals surface area contributed by atoms with Crippen LogP contribution < -0.4 is 0 Å². The minimum absolute atomic E-state index is 0.571. The van der Waals surface area contributed by atoms with Crippen LogP contribution in [-0.4, -0.2) is 0 Å². The zero-order valence-electron chi connectivity index (χ0n) is 10.6. The quantitative estimate of drug-likeness (QED) is 0.513. The summed E-state index contributed by atoms with van der Waals surface area (Å²) >= 11 is 0. The Morgan fingerprint density at radius 3 is 2.73 bits per heavy atom. The third kappa shape index (κ3) is 0.990. The van der Waals surface area contributed by atoms with Crippen molar-refractivity contribution in [3.05, 3.63) is 11.6 Å². The summed E-state index contributed by atoms with van der Waals surface area (Å²) < 4.78 is 0.